The van der Waals surface area contributed by atoms with Crippen molar-refractivity contribution >= 4 is 10.0 Å². The van der Waals surface area contributed by atoms with Gasteiger partial charge in [-0.05, 0) is 30.4 Å². The highest BCUT2D eigenvalue weighted by Crippen LogP contribution is 2.17. The lowest BCUT2D eigenvalue weighted by Crippen LogP contribution is -2.32. The Balaban J connectivity index is 2.05. The highest BCUT2D eigenvalue weighted by atomic mass is 32.2. The highest BCUT2D eigenvalue weighted by Gasteiger charge is 2.20. The number of rotatable bonds is 5. The fourth-order valence-electron chi connectivity index (χ4n) is 2.19. The van der Waals surface area contributed by atoms with Crippen molar-refractivity contribution in [3.05, 3.63) is 29.8 Å². The van der Waals surface area contributed by atoms with E-state index in [0.717, 1.165) is 12.8 Å². The molecule has 0 amide bonds. The van der Waals surface area contributed by atoms with Crippen LogP contribution in [0.5, 0.6) is 0 Å². The van der Waals surface area contributed by atoms with Crippen LogP contribution in [-0.2, 0) is 21.3 Å². The highest BCUT2D eigenvalue weighted by molar-refractivity contribution is 7.89. The van der Waals surface area contributed by atoms with E-state index in [1.807, 2.05) is 0 Å². The molecule has 0 spiro atoms. The lowest BCUT2D eigenvalue weighted by molar-refractivity contribution is 0.0678. The Labute approximate surface area is 114 Å². The third kappa shape index (κ3) is 3.76. The third-order valence-corrected chi connectivity index (χ3v) is 4.91. The lowest BCUT2D eigenvalue weighted by atomic mass is 10.0. The summed E-state index contributed by atoms with van der Waals surface area (Å²) in [6.45, 7) is 2.11. The second-order valence-corrected chi connectivity index (χ2v) is 6.45. The Morgan fingerprint density at radius 1 is 1.26 bits per heavy atom. The molecule has 3 N–H and O–H groups in total. The normalized spacial score (nSPS) is 17.5. The molecule has 5 nitrogen and oxygen atoms in total. The Hall–Kier alpha value is -0.950. The maximum Gasteiger partial charge on any atom is 0.240 e. The van der Waals surface area contributed by atoms with E-state index in [0.29, 0.717) is 31.2 Å². The van der Waals surface area contributed by atoms with Gasteiger partial charge in [0.1, 0.15) is 0 Å². The Bertz CT molecular complexity index is 510. The summed E-state index contributed by atoms with van der Waals surface area (Å²) < 4.78 is 32.5. The van der Waals surface area contributed by atoms with Gasteiger partial charge < -0.3 is 10.5 Å². The Morgan fingerprint density at radius 2 is 1.95 bits per heavy atom. The Kier molecular flexibility index (Phi) is 4.93. The van der Waals surface area contributed by atoms with E-state index in [1.165, 1.54) is 0 Å². The van der Waals surface area contributed by atoms with E-state index in [2.05, 4.69) is 4.72 Å². The zero-order valence-electron chi connectivity index (χ0n) is 10.8. The van der Waals surface area contributed by atoms with E-state index in [4.69, 9.17) is 10.5 Å². The van der Waals surface area contributed by atoms with Crippen LogP contribution in [-0.4, -0.2) is 28.2 Å². The number of nitrogens with one attached hydrogen (secondary N) is 1. The Morgan fingerprint density at radius 3 is 2.63 bits per heavy atom. The molecule has 1 aromatic carbocycles. The van der Waals surface area contributed by atoms with Gasteiger partial charge in [-0.25, -0.2) is 13.1 Å². The first-order valence-corrected chi connectivity index (χ1v) is 7.97. The predicted octanol–water partition coefficient (Wildman–Crippen LogP) is 0.850. The third-order valence-electron chi connectivity index (χ3n) is 3.38. The van der Waals surface area contributed by atoms with E-state index in [9.17, 15) is 8.42 Å². The predicted molar refractivity (Wildman–Crippen MR) is 73.1 cm³/mol. The van der Waals surface area contributed by atoms with Gasteiger partial charge in [-0.1, -0.05) is 18.2 Å². The first kappa shape index (κ1) is 14.5. The molecule has 0 aliphatic carbocycles. The summed E-state index contributed by atoms with van der Waals surface area (Å²) in [5.74, 6) is 0.355. The van der Waals surface area contributed by atoms with Gasteiger partial charge >= 0.3 is 0 Å². The molecule has 19 heavy (non-hydrogen) atoms. The number of sulfonamides is 1. The fraction of sp³-hybridized carbons (Fsp3) is 0.538. The van der Waals surface area contributed by atoms with Gasteiger partial charge in [-0.2, -0.15) is 0 Å². The van der Waals surface area contributed by atoms with Gasteiger partial charge in [0.25, 0.3) is 0 Å². The summed E-state index contributed by atoms with van der Waals surface area (Å²) in [5.41, 5.74) is 6.22. The molecular formula is C13H20N2O3S. The molecule has 0 saturated carbocycles. The molecule has 1 aliphatic rings. The molecule has 0 radical (unpaired) electrons. The number of hydrogen-bond donors (Lipinski definition) is 2. The van der Waals surface area contributed by atoms with Gasteiger partial charge in [-0.3, -0.25) is 0 Å². The van der Waals surface area contributed by atoms with Crippen molar-refractivity contribution in [3.63, 3.8) is 0 Å². The zero-order chi connectivity index (χ0) is 13.7. The van der Waals surface area contributed by atoms with Crippen LogP contribution in [0.25, 0.3) is 0 Å². The summed E-state index contributed by atoms with van der Waals surface area (Å²) in [6, 6.07) is 6.83. The molecule has 1 saturated heterocycles. The van der Waals surface area contributed by atoms with Crippen molar-refractivity contribution in [2.45, 2.75) is 24.3 Å². The number of nitrogens with two attached hydrogens (primary N) is 1. The fourth-order valence-corrected chi connectivity index (χ4v) is 3.56. The molecule has 1 fully saturated rings. The van der Waals surface area contributed by atoms with E-state index in [1.54, 1.807) is 24.3 Å². The average Bonchev–Trinajstić information content (AvgIpc) is 2.46. The van der Waals surface area contributed by atoms with Crippen LogP contribution in [0.15, 0.2) is 29.2 Å². The van der Waals surface area contributed by atoms with Crippen molar-refractivity contribution in [3.8, 4) is 0 Å². The number of hydrogen-bond acceptors (Lipinski definition) is 4. The van der Waals surface area contributed by atoms with Gasteiger partial charge in [0, 0.05) is 26.3 Å². The van der Waals surface area contributed by atoms with Crippen LogP contribution in [0.2, 0.25) is 0 Å². The van der Waals surface area contributed by atoms with Crippen LogP contribution in [0.1, 0.15) is 18.4 Å². The van der Waals surface area contributed by atoms with Crippen molar-refractivity contribution in [2.24, 2.45) is 11.7 Å². The van der Waals surface area contributed by atoms with Gasteiger partial charge in [0.15, 0.2) is 0 Å². The lowest BCUT2D eigenvalue weighted by Gasteiger charge is -2.22. The first-order valence-electron chi connectivity index (χ1n) is 6.49. The summed E-state index contributed by atoms with van der Waals surface area (Å²) >= 11 is 0. The second kappa shape index (κ2) is 6.47. The van der Waals surface area contributed by atoms with Crippen molar-refractivity contribution in [2.75, 3.05) is 19.8 Å². The standard InChI is InChI=1S/C13H20N2O3S/c14-9-12-3-1-2-4-13(12)19(16,17)15-10-11-5-7-18-8-6-11/h1-4,11,15H,5-10,14H2. The van der Waals surface area contributed by atoms with Crippen LogP contribution >= 0.6 is 0 Å². The minimum atomic E-state index is -3.47. The zero-order valence-corrected chi connectivity index (χ0v) is 11.7. The smallest absolute Gasteiger partial charge is 0.240 e. The summed E-state index contributed by atoms with van der Waals surface area (Å²) in [6.07, 6.45) is 1.81. The molecule has 0 atom stereocenters. The molecular weight excluding hydrogens is 264 g/mol. The summed E-state index contributed by atoms with van der Waals surface area (Å²) in [5, 5.41) is 0. The first-order chi connectivity index (χ1) is 9.13. The topological polar surface area (TPSA) is 81.4 Å². The van der Waals surface area contributed by atoms with Crippen LogP contribution < -0.4 is 10.5 Å². The minimum Gasteiger partial charge on any atom is -0.381 e. The van der Waals surface area contributed by atoms with Crippen molar-refractivity contribution < 1.29 is 13.2 Å². The SMILES string of the molecule is NCc1ccccc1S(=O)(=O)NCC1CCOCC1. The molecule has 1 heterocycles. The van der Waals surface area contributed by atoms with E-state index >= 15 is 0 Å². The number of ether oxygens (including phenoxy) is 1. The van der Waals surface area contributed by atoms with Crippen LogP contribution in [0, 0.1) is 5.92 Å². The molecule has 6 heteroatoms. The largest absolute Gasteiger partial charge is 0.381 e. The van der Waals surface area contributed by atoms with Crippen molar-refractivity contribution in [1.29, 1.82) is 0 Å². The molecule has 0 bridgehead atoms. The minimum absolute atomic E-state index is 0.217. The maximum atomic E-state index is 12.3. The second-order valence-electron chi connectivity index (χ2n) is 4.72. The average molecular weight is 284 g/mol. The molecule has 1 aromatic rings. The van der Waals surface area contributed by atoms with Gasteiger partial charge in [-0.15, -0.1) is 0 Å². The molecule has 1 aliphatic heterocycles. The van der Waals surface area contributed by atoms with Crippen LogP contribution in [0.4, 0.5) is 0 Å². The van der Waals surface area contributed by atoms with E-state index < -0.39 is 10.0 Å². The molecule has 0 aromatic heterocycles. The molecule has 106 valence electrons. The molecule has 2 rings (SSSR count). The van der Waals surface area contributed by atoms with E-state index in [-0.39, 0.29) is 11.4 Å². The summed E-state index contributed by atoms with van der Waals surface area (Å²) in [4.78, 5) is 0.282. The maximum absolute atomic E-state index is 12.3. The van der Waals surface area contributed by atoms with Gasteiger partial charge in [0.05, 0.1) is 4.90 Å². The quantitative estimate of drug-likeness (QED) is 0.840. The number of benzene rings is 1. The molecule has 0 unspecified atom stereocenters. The monoisotopic (exact) mass is 284 g/mol. The van der Waals surface area contributed by atoms with Crippen LogP contribution in [0.3, 0.4) is 0 Å². The summed E-state index contributed by atoms with van der Waals surface area (Å²) in [7, 11) is -3.47. The van der Waals surface area contributed by atoms with Crippen molar-refractivity contribution in [1.82, 2.24) is 4.72 Å². The van der Waals surface area contributed by atoms with Gasteiger partial charge in [0.2, 0.25) is 10.0 Å².